The number of halogens is 1. The van der Waals surface area contributed by atoms with Crippen molar-refractivity contribution in [1.29, 1.82) is 0 Å². The molecule has 0 bridgehead atoms. The van der Waals surface area contributed by atoms with Crippen molar-refractivity contribution in [2.45, 2.75) is 19.8 Å². The molecule has 16 heavy (non-hydrogen) atoms. The third-order valence-electron chi connectivity index (χ3n) is 3.11. The summed E-state index contributed by atoms with van der Waals surface area (Å²) in [7, 11) is 0. The SMILES string of the molecule is Cc1cc(Br)ccc1NCC1(C(=O)O)CC1. The van der Waals surface area contributed by atoms with Gasteiger partial charge in [-0.05, 0) is 43.5 Å². The Morgan fingerprint density at radius 1 is 1.56 bits per heavy atom. The van der Waals surface area contributed by atoms with Crippen LogP contribution in [0.4, 0.5) is 5.69 Å². The zero-order valence-corrected chi connectivity index (χ0v) is 10.7. The fourth-order valence-corrected chi connectivity index (χ4v) is 2.18. The van der Waals surface area contributed by atoms with Crippen molar-refractivity contribution in [3.63, 3.8) is 0 Å². The predicted octanol–water partition coefficient (Wildman–Crippen LogP) is 3.03. The Morgan fingerprint density at radius 2 is 2.25 bits per heavy atom. The second-order valence-corrected chi connectivity index (χ2v) is 5.31. The molecule has 3 nitrogen and oxygen atoms in total. The molecular weight excluding hydrogens is 270 g/mol. The molecule has 0 saturated heterocycles. The van der Waals surface area contributed by atoms with Crippen LogP contribution >= 0.6 is 15.9 Å². The smallest absolute Gasteiger partial charge is 0.311 e. The van der Waals surface area contributed by atoms with Gasteiger partial charge in [-0.25, -0.2) is 0 Å². The highest BCUT2D eigenvalue weighted by Crippen LogP contribution is 2.45. The normalized spacial score (nSPS) is 16.9. The highest BCUT2D eigenvalue weighted by atomic mass is 79.9. The van der Waals surface area contributed by atoms with Gasteiger partial charge in [-0.1, -0.05) is 15.9 Å². The molecule has 86 valence electrons. The number of carboxylic acids is 1. The molecule has 2 rings (SSSR count). The van der Waals surface area contributed by atoms with Crippen LogP contribution in [0.3, 0.4) is 0 Å². The lowest BCUT2D eigenvalue weighted by atomic mass is 10.1. The molecule has 4 heteroatoms. The average Bonchev–Trinajstić information content (AvgIpc) is 2.97. The third-order valence-corrected chi connectivity index (χ3v) is 3.61. The third kappa shape index (κ3) is 2.21. The number of hydrogen-bond donors (Lipinski definition) is 2. The van der Waals surface area contributed by atoms with Crippen molar-refractivity contribution < 1.29 is 9.90 Å². The minimum atomic E-state index is -0.685. The van der Waals surface area contributed by atoms with Crippen molar-refractivity contribution in [1.82, 2.24) is 0 Å². The summed E-state index contributed by atoms with van der Waals surface area (Å²) in [6.45, 7) is 2.53. The van der Waals surface area contributed by atoms with Crippen LogP contribution in [-0.4, -0.2) is 17.6 Å². The van der Waals surface area contributed by atoms with E-state index in [9.17, 15) is 4.79 Å². The van der Waals surface area contributed by atoms with E-state index in [-0.39, 0.29) is 0 Å². The maximum absolute atomic E-state index is 11.0. The van der Waals surface area contributed by atoms with Crippen molar-refractivity contribution in [3.8, 4) is 0 Å². The fraction of sp³-hybridized carbons (Fsp3) is 0.417. The first-order chi connectivity index (χ1) is 7.53. The zero-order chi connectivity index (χ0) is 11.8. The molecule has 0 amide bonds. The number of anilines is 1. The maximum atomic E-state index is 11.0. The number of aryl methyl sites for hydroxylation is 1. The lowest BCUT2D eigenvalue weighted by Crippen LogP contribution is -2.24. The largest absolute Gasteiger partial charge is 0.481 e. The van der Waals surface area contributed by atoms with Gasteiger partial charge < -0.3 is 10.4 Å². The van der Waals surface area contributed by atoms with Crippen LogP contribution in [0.5, 0.6) is 0 Å². The molecule has 1 aromatic carbocycles. The fourth-order valence-electron chi connectivity index (χ4n) is 1.71. The van der Waals surface area contributed by atoms with Crippen LogP contribution in [0, 0.1) is 12.3 Å². The molecule has 1 saturated carbocycles. The summed E-state index contributed by atoms with van der Waals surface area (Å²) in [6, 6.07) is 5.94. The van der Waals surface area contributed by atoms with Crippen molar-refractivity contribution in [2.24, 2.45) is 5.41 Å². The van der Waals surface area contributed by atoms with E-state index in [2.05, 4.69) is 21.2 Å². The quantitative estimate of drug-likeness (QED) is 0.893. The van der Waals surface area contributed by atoms with E-state index >= 15 is 0 Å². The first-order valence-corrected chi connectivity index (χ1v) is 6.06. The number of nitrogens with one attached hydrogen (secondary N) is 1. The van der Waals surface area contributed by atoms with Crippen molar-refractivity contribution in [3.05, 3.63) is 28.2 Å². The van der Waals surface area contributed by atoms with Gasteiger partial charge in [0.25, 0.3) is 0 Å². The highest BCUT2D eigenvalue weighted by Gasteiger charge is 2.49. The highest BCUT2D eigenvalue weighted by molar-refractivity contribution is 9.10. The summed E-state index contributed by atoms with van der Waals surface area (Å²) in [4.78, 5) is 11.0. The van der Waals surface area contributed by atoms with Crippen LogP contribution in [0.15, 0.2) is 22.7 Å². The predicted molar refractivity (Wildman–Crippen MR) is 66.7 cm³/mol. The molecule has 1 aromatic rings. The number of carbonyl (C=O) groups is 1. The summed E-state index contributed by atoms with van der Waals surface area (Å²) >= 11 is 3.40. The van der Waals surface area contributed by atoms with E-state index in [0.29, 0.717) is 6.54 Å². The number of rotatable bonds is 4. The number of aliphatic carboxylic acids is 1. The molecule has 1 aliphatic rings. The van der Waals surface area contributed by atoms with Gasteiger partial charge in [0.1, 0.15) is 0 Å². The minimum Gasteiger partial charge on any atom is -0.481 e. The molecule has 2 N–H and O–H groups in total. The summed E-state index contributed by atoms with van der Waals surface area (Å²) in [5.74, 6) is -0.685. The van der Waals surface area contributed by atoms with Crippen molar-refractivity contribution in [2.75, 3.05) is 11.9 Å². The van der Waals surface area contributed by atoms with Gasteiger partial charge in [0.2, 0.25) is 0 Å². The average molecular weight is 284 g/mol. The Balaban J connectivity index is 2.03. The van der Waals surface area contributed by atoms with Gasteiger partial charge in [-0.15, -0.1) is 0 Å². The molecule has 0 unspecified atom stereocenters. The second-order valence-electron chi connectivity index (χ2n) is 4.40. The molecule has 0 aromatic heterocycles. The molecule has 0 spiro atoms. The minimum absolute atomic E-state index is 0.514. The summed E-state index contributed by atoms with van der Waals surface area (Å²) in [6.07, 6.45) is 1.57. The Kier molecular flexibility index (Phi) is 2.93. The Bertz CT molecular complexity index is 427. The molecule has 1 fully saturated rings. The lowest BCUT2D eigenvalue weighted by molar-refractivity contribution is -0.142. The molecule has 1 aliphatic carbocycles. The lowest BCUT2D eigenvalue weighted by Gasteiger charge is -2.14. The topological polar surface area (TPSA) is 49.3 Å². The Hall–Kier alpha value is -1.03. The number of hydrogen-bond acceptors (Lipinski definition) is 2. The van der Waals surface area contributed by atoms with E-state index in [0.717, 1.165) is 28.6 Å². The van der Waals surface area contributed by atoms with E-state index in [1.807, 2.05) is 25.1 Å². The van der Waals surface area contributed by atoms with Gasteiger partial charge >= 0.3 is 5.97 Å². The van der Waals surface area contributed by atoms with Gasteiger partial charge in [-0.2, -0.15) is 0 Å². The first kappa shape index (κ1) is 11.5. The molecule has 0 aliphatic heterocycles. The van der Waals surface area contributed by atoms with Crippen LogP contribution in [0.25, 0.3) is 0 Å². The van der Waals surface area contributed by atoms with E-state index in [4.69, 9.17) is 5.11 Å². The van der Waals surface area contributed by atoms with Crippen molar-refractivity contribution >= 4 is 27.6 Å². The van der Waals surface area contributed by atoms with Crippen LogP contribution in [0.2, 0.25) is 0 Å². The first-order valence-electron chi connectivity index (χ1n) is 5.27. The summed E-state index contributed by atoms with van der Waals surface area (Å²) in [5.41, 5.74) is 1.62. The molecular formula is C12H14BrNO2. The number of benzene rings is 1. The van der Waals surface area contributed by atoms with Crippen LogP contribution in [-0.2, 0) is 4.79 Å². The van der Waals surface area contributed by atoms with Gasteiger partial charge in [0, 0.05) is 16.7 Å². The van der Waals surface area contributed by atoms with Gasteiger partial charge in [-0.3, -0.25) is 4.79 Å². The maximum Gasteiger partial charge on any atom is 0.311 e. The molecule has 0 radical (unpaired) electrons. The van der Waals surface area contributed by atoms with E-state index < -0.39 is 11.4 Å². The summed E-state index contributed by atoms with van der Waals surface area (Å²) < 4.78 is 1.04. The standard InChI is InChI=1S/C12H14BrNO2/c1-8-6-9(13)2-3-10(8)14-7-12(4-5-12)11(15)16/h2-3,6,14H,4-5,7H2,1H3,(H,15,16). The second kappa shape index (κ2) is 4.09. The zero-order valence-electron chi connectivity index (χ0n) is 9.09. The molecule has 0 heterocycles. The Labute approximate surface area is 103 Å². The Morgan fingerprint density at radius 3 is 2.75 bits per heavy atom. The van der Waals surface area contributed by atoms with E-state index in [1.165, 1.54) is 0 Å². The van der Waals surface area contributed by atoms with Crippen LogP contribution in [0.1, 0.15) is 18.4 Å². The van der Waals surface area contributed by atoms with E-state index in [1.54, 1.807) is 0 Å². The monoisotopic (exact) mass is 283 g/mol. The number of carboxylic acid groups (broad SMARTS) is 1. The summed E-state index contributed by atoms with van der Waals surface area (Å²) in [5, 5.41) is 12.3. The van der Waals surface area contributed by atoms with Gasteiger partial charge in [0.05, 0.1) is 5.41 Å². The van der Waals surface area contributed by atoms with Gasteiger partial charge in [0.15, 0.2) is 0 Å². The van der Waals surface area contributed by atoms with Crippen LogP contribution < -0.4 is 5.32 Å². The molecule has 0 atom stereocenters.